The predicted octanol–water partition coefficient (Wildman–Crippen LogP) is 4.34. The summed E-state index contributed by atoms with van der Waals surface area (Å²) >= 11 is 6.24. The molecule has 2 atom stereocenters. The van der Waals surface area contributed by atoms with Crippen molar-refractivity contribution in [3.05, 3.63) is 38.9 Å². The number of hydrogen-bond acceptors (Lipinski definition) is 3. The largest absolute Gasteiger partial charge is 0.330 e. The fourth-order valence-corrected chi connectivity index (χ4v) is 3.79. The summed E-state index contributed by atoms with van der Waals surface area (Å²) in [5.41, 5.74) is 7.19. The number of nitro benzene ring substituents is 1. The lowest BCUT2D eigenvalue weighted by molar-refractivity contribution is -0.384. The van der Waals surface area contributed by atoms with Crippen LogP contribution in [0, 0.1) is 21.4 Å². The van der Waals surface area contributed by atoms with Crippen molar-refractivity contribution in [1.29, 1.82) is 0 Å². The number of halogens is 1. The quantitative estimate of drug-likeness (QED) is 0.650. The number of non-ortho nitro benzene ring substituents is 1. The Kier molecular flexibility index (Phi) is 5.22. The van der Waals surface area contributed by atoms with Crippen molar-refractivity contribution in [1.82, 2.24) is 0 Å². The lowest BCUT2D eigenvalue weighted by atomic mass is 9.66. The van der Waals surface area contributed by atoms with E-state index in [4.69, 9.17) is 17.3 Å². The van der Waals surface area contributed by atoms with Crippen molar-refractivity contribution in [2.45, 2.75) is 45.4 Å². The average molecular weight is 311 g/mol. The molecule has 116 valence electrons. The van der Waals surface area contributed by atoms with Crippen molar-refractivity contribution in [2.75, 3.05) is 6.54 Å². The fourth-order valence-electron chi connectivity index (χ4n) is 3.55. The summed E-state index contributed by atoms with van der Waals surface area (Å²) in [4.78, 5) is 10.4. The molecule has 2 N–H and O–H groups in total. The van der Waals surface area contributed by atoms with Gasteiger partial charge < -0.3 is 5.73 Å². The Morgan fingerprint density at radius 2 is 2.29 bits per heavy atom. The zero-order valence-corrected chi connectivity index (χ0v) is 13.2. The monoisotopic (exact) mass is 310 g/mol. The highest BCUT2D eigenvalue weighted by molar-refractivity contribution is 6.31. The Balaban J connectivity index is 2.20. The zero-order chi connectivity index (χ0) is 15.5. The van der Waals surface area contributed by atoms with Crippen molar-refractivity contribution in [2.24, 2.45) is 17.1 Å². The SMILES string of the molecule is CCC1CCCC(CN)(Cc2ccc([N+](=O)[O-])cc2Cl)C1. The van der Waals surface area contributed by atoms with Crippen LogP contribution in [0.3, 0.4) is 0 Å². The highest BCUT2D eigenvalue weighted by Gasteiger charge is 2.35. The van der Waals surface area contributed by atoms with Gasteiger partial charge in [0.2, 0.25) is 0 Å². The molecule has 0 radical (unpaired) electrons. The molecule has 0 amide bonds. The topological polar surface area (TPSA) is 69.2 Å². The lowest BCUT2D eigenvalue weighted by Gasteiger charge is -2.40. The van der Waals surface area contributed by atoms with E-state index in [1.165, 1.54) is 31.4 Å². The Labute approximate surface area is 130 Å². The molecule has 1 fully saturated rings. The molecule has 0 heterocycles. The van der Waals surface area contributed by atoms with E-state index in [0.29, 0.717) is 11.6 Å². The molecular weight excluding hydrogens is 288 g/mol. The first-order valence-corrected chi connectivity index (χ1v) is 8.00. The van der Waals surface area contributed by atoms with Gasteiger partial charge >= 0.3 is 0 Å². The number of rotatable bonds is 5. The molecule has 1 aliphatic rings. The van der Waals surface area contributed by atoms with Crippen LogP contribution in [-0.4, -0.2) is 11.5 Å². The second kappa shape index (κ2) is 6.75. The van der Waals surface area contributed by atoms with Gasteiger partial charge in [-0.05, 0) is 42.7 Å². The smallest absolute Gasteiger partial charge is 0.270 e. The molecule has 5 heteroatoms. The Morgan fingerprint density at radius 1 is 1.52 bits per heavy atom. The van der Waals surface area contributed by atoms with Crippen LogP contribution in [0.1, 0.15) is 44.6 Å². The van der Waals surface area contributed by atoms with E-state index >= 15 is 0 Å². The molecule has 21 heavy (non-hydrogen) atoms. The van der Waals surface area contributed by atoms with Crippen LogP contribution in [-0.2, 0) is 6.42 Å². The maximum atomic E-state index is 10.8. The zero-order valence-electron chi connectivity index (χ0n) is 12.5. The summed E-state index contributed by atoms with van der Waals surface area (Å²) < 4.78 is 0. The maximum Gasteiger partial charge on any atom is 0.270 e. The summed E-state index contributed by atoms with van der Waals surface area (Å²) in [6.07, 6.45) is 6.75. The molecule has 2 unspecified atom stereocenters. The Morgan fingerprint density at radius 3 is 2.86 bits per heavy atom. The van der Waals surface area contributed by atoms with E-state index in [0.717, 1.165) is 30.7 Å². The van der Waals surface area contributed by atoms with E-state index in [-0.39, 0.29) is 11.1 Å². The van der Waals surface area contributed by atoms with Gasteiger partial charge in [-0.1, -0.05) is 43.9 Å². The first-order chi connectivity index (χ1) is 9.99. The maximum absolute atomic E-state index is 10.8. The molecule has 1 aromatic rings. The van der Waals surface area contributed by atoms with Gasteiger partial charge in [0.15, 0.2) is 0 Å². The molecule has 4 nitrogen and oxygen atoms in total. The van der Waals surface area contributed by atoms with Gasteiger partial charge in [0.25, 0.3) is 5.69 Å². The third kappa shape index (κ3) is 3.74. The molecule has 1 saturated carbocycles. The fraction of sp³-hybridized carbons (Fsp3) is 0.625. The minimum Gasteiger partial charge on any atom is -0.330 e. The summed E-state index contributed by atoms with van der Waals surface area (Å²) in [7, 11) is 0. The molecule has 0 aliphatic heterocycles. The van der Waals surface area contributed by atoms with Crippen molar-refractivity contribution in [3.63, 3.8) is 0 Å². The van der Waals surface area contributed by atoms with Crippen LogP contribution >= 0.6 is 11.6 Å². The molecule has 0 saturated heterocycles. The van der Waals surface area contributed by atoms with Gasteiger partial charge in [0.1, 0.15) is 0 Å². The van der Waals surface area contributed by atoms with Gasteiger partial charge in [-0.2, -0.15) is 0 Å². The second-order valence-corrected chi connectivity index (χ2v) is 6.69. The molecule has 1 aromatic carbocycles. The third-order valence-electron chi connectivity index (χ3n) is 4.86. The van der Waals surface area contributed by atoms with Gasteiger partial charge in [-0.3, -0.25) is 10.1 Å². The third-order valence-corrected chi connectivity index (χ3v) is 5.22. The minimum atomic E-state index is -0.415. The Hall–Kier alpha value is -1.13. The average Bonchev–Trinajstić information content (AvgIpc) is 2.49. The Bertz CT molecular complexity index is 521. The van der Waals surface area contributed by atoms with E-state index in [1.54, 1.807) is 6.07 Å². The van der Waals surface area contributed by atoms with Gasteiger partial charge in [0, 0.05) is 12.1 Å². The molecular formula is C16H23ClN2O2. The van der Waals surface area contributed by atoms with E-state index in [2.05, 4.69) is 6.92 Å². The molecule has 0 aromatic heterocycles. The number of hydrogen-bond donors (Lipinski definition) is 1. The first kappa shape index (κ1) is 16.2. The normalized spacial score (nSPS) is 25.8. The number of benzene rings is 1. The van der Waals surface area contributed by atoms with E-state index in [1.807, 2.05) is 0 Å². The van der Waals surface area contributed by atoms with Crippen molar-refractivity contribution >= 4 is 17.3 Å². The van der Waals surface area contributed by atoms with Gasteiger partial charge in [-0.15, -0.1) is 0 Å². The van der Waals surface area contributed by atoms with E-state index in [9.17, 15) is 10.1 Å². The van der Waals surface area contributed by atoms with Crippen LogP contribution in [0.25, 0.3) is 0 Å². The molecule has 1 aliphatic carbocycles. The standard InChI is InChI=1S/C16H23ClN2O2/c1-2-12-4-3-7-16(9-12,11-18)10-13-5-6-14(19(20)21)8-15(13)17/h5-6,8,12H,2-4,7,9-11,18H2,1H3. The van der Waals surface area contributed by atoms with Crippen LogP contribution in [0.4, 0.5) is 5.69 Å². The van der Waals surface area contributed by atoms with Crippen molar-refractivity contribution < 1.29 is 4.92 Å². The number of nitrogens with zero attached hydrogens (tertiary/aromatic N) is 1. The lowest BCUT2D eigenvalue weighted by Crippen LogP contribution is -2.37. The summed E-state index contributed by atoms with van der Waals surface area (Å²) in [5, 5.41) is 11.3. The molecule has 0 bridgehead atoms. The van der Waals surface area contributed by atoms with Gasteiger partial charge in [-0.25, -0.2) is 0 Å². The molecule has 0 spiro atoms. The second-order valence-electron chi connectivity index (χ2n) is 6.28. The minimum absolute atomic E-state index is 0.0422. The van der Waals surface area contributed by atoms with Crippen LogP contribution in [0.15, 0.2) is 18.2 Å². The highest BCUT2D eigenvalue weighted by atomic mass is 35.5. The van der Waals surface area contributed by atoms with Crippen LogP contribution in [0.5, 0.6) is 0 Å². The van der Waals surface area contributed by atoms with Crippen molar-refractivity contribution in [3.8, 4) is 0 Å². The molecule has 2 rings (SSSR count). The number of nitrogens with two attached hydrogens (primary N) is 1. The summed E-state index contributed by atoms with van der Waals surface area (Å²) in [6, 6.07) is 4.76. The van der Waals surface area contributed by atoms with E-state index < -0.39 is 4.92 Å². The predicted molar refractivity (Wildman–Crippen MR) is 85.5 cm³/mol. The van der Waals surface area contributed by atoms with Crippen LogP contribution < -0.4 is 5.73 Å². The highest BCUT2D eigenvalue weighted by Crippen LogP contribution is 2.43. The van der Waals surface area contributed by atoms with Gasteiger partial charge in [0.05, 0.1) is 9.95 Å². The summed E-state index contributed by atoms with van der Waals surface area (Å²) in [5.74, 6) is 0.735. The first-order valence-electron chi connectivity index (χ1n) is 7.62. The van der Waals surface area contributed by atoms with Crippen LogP contribution in [0.2, 0.25) is 5.02 Å². The summed E-state index contributed by atoms with van der Waals surface area (Å²) in [6.45, 7) is 2.88. The number of nitro groups is 1.